The number of anilines is 1. The van der Waals surface area contributed by atoms with Gasteiger partial charge in [-0.3, -0.25) is 9.36 Å². The largest absolute Gasteiger partial charge is 0.463 e. The molecule has 36 heavy (non-hydrogen) atoms. The number of thiazole rings is 1. The number of ether oxygens (including phenoxy) is 1. The number of carbonyl (C=O) groups excluding carboxylic acids is 1. The van der Waals surface area contributed by atoms with Gasteiger partial charge in [-0.1, -0.05) is 23.5 Å². The Morgan fingerprint density at radius 1 is 1.28 bits per heavy atom. The first-order chi connectivity index (χ1) is 17.4. The maximum absolute atomic E-state index is 13.7. The van der Waals surface area contributed by atoms with E-state index in [2.05, 4.69) is 25.8 Å². The van der Waals surface area contributed by atoms with E-state index in [0.717, 1.165) is 36.3 Å². The summed E-state index contributed by atoms with van der Waals surface area (Å²) in [5, 5.41) is 0. The molecule has 0 N–H and O–H groups in total. The standard InChI is InChI=1S/C26H25BrFN3O4S/c1-3-34-25(33)21-15(2)29-26-31(22(21)16-7-9-17(28)10-8-16)23(32)20(36-26)14-18-13-19(27)24(35-18)30-11-5-4-6-12-30/h7-10,13-14,22H,3-6,11-12H2,1-2H3/b20-14+/t22-/m0/s1. The average Bonchev–Trinajstić information content (AvgIpc) is 3.38. The molecule has 1 fully saturated rings. The molecule has 0 aliphatic carbocycles. The average molecular weight is 574 g/mol. The van der Waals surface area contributed by atoms with Gasteiger partial charge >= 0.3 is 5.97 Å². The molecule has 0 amide bonds. The molecule has 3 aromatic rings. The smallest absolute Gasteiger partial charge is 0.338 e. The highest BCUT2D eigenvalue weighted by Gasteiger charge is 2.33. The van der Waals surface area contributed by atoms with Gasteiger partial charge in [0.1, 0.15) is 11.6 Å². The maximum atomic E-state index is 13.7. The van der Waals surface area contributed by atoms with Gasteiger partial charge in [0, 0.05) is 25.2 Å². The number of esters is 1. The zero-order valence-electron chi connectivity index (χ0n) is 19.9. The van der Waals surface area contributed by atoms with Gasteiger partial charge in [-0.25, -0.2) is 14.2 Å². The summed E-state index contributed by atoms with van der Waals surface area (Å²) in [7, 11) is 0. The quantitative estimate of drug-likeness (QED) is 0.426. The highest BCUT2D eigenvalue weighted by Crippen LogP contribution is 2.33. The second kappa shape index (κ2) is 10.2. The van der Waals surface area contributed by atoms with E-state index in [1.165, 1.54) is 34.5 Å². The molecule has 5 rings (SSSR count). The number of allylic oxidation sites excluding steroid dienone is 1. The molecule has 0 unspecified atom stereocenters. The number of benzene rings is 1. The van der Waals surface area contributed by atoms with E-state index in [0.29, 0.717) is 26.4 Å². The van der Waals surface area contributed by atoms with Crippen LogP contribution < -0.4 is 19.8 Å². The first-order valence-electron chi connectivity index (χ1n) is 11.9. The van der Waals surface area contributed by atoms with E-state index in [1.54, 1.807) is 32.1 Å². The number of halogens is 2. The zero-order chi connectivity index (χ0) is 25.4. The Morgan fingerprint density at radius 3 is 2.69 bits per heavy atom. The summed E-state index contributed by atoms with van der Waals surface area (Å²) in [6.45, 7) is 5.48. The second-order valence-electron chi connectivity index (χ2n) is 8.70. The zero-order valence-corrected chi connectivity index (χ0v) is 22.3. The van der Waals surface area contributed by atoms with Crippen molar-refractivity contribution in [1.82, 2.24) is 4.57 Å². The normalized spacial score (nSPS) is 18.3. The number of fused-ring (bicyclic) bond motifs is 1. The van der Waals surface area contributed by atoms with Crippen molar-refractivity contribution in [3.8, 4) is 0 Å². The van der Waals surface area contributed by atoms with Crippen molar-refractivity contribution in [2.24, 2.45) is 4.99 Å². The Balaban J connectivity index is 1.62. The Labute approximate surface area is 219 Å². The monoisotopic (exact) mass is 573 g/mol. The van der Waals surface area contributed by atoms with Crippen LogP contribution in [-0.2, 0) is 9.53 Å². The topological polar surface area (TPSA) is 77.0 Å². The number of furan rings is 1. The van der Waals surface area contributed by atoms with Crippen LogP contribution in [0.15, 0.2) is 60.3 Å². The summed E-state index contributed by atoms with van der Waals surface area (Å²) in [5.41, 5.74) is 1.00. The number of hydrogen-bond donors (Lipinski definition) is 0. The van der Waals surface area contributed by atoms with Crippen molar-refractivity contribution in [2.45, 2.75) is 39.2 Å². The molecule has 4 heterocycles. The molecule has 0 bridgehead atoms. The molecule has 188 valence electrons. The van der Waals surface area contributed by atoms with E-state index in [1.807, 2.05) is 6.07 Å². The van der Waals surface area contributed by atoms with E-state index in [4.69, 9.17) is 9.15 Å². The third-order valence-corrected chi connectivity index (χ3v) is 7.86. The summed E-state index contributed by atoms with van der Waals surface area (Å²) >= 11 is 4.81. The summed E-state index contributed by atoms with van der Waals surface area (Å²) in [4.78, 5) is 33.8. The minimum absolute atomic E-state index is 0.183. The fraction of sp³-hybridized carbons (Fsp3) is 0.346. The van der Waals surface area contributed by atoms with Crippen LogP contribution in [-0.4, -0.2) is 30.2 Å². The predicted octanol–water partition coefficient (Wildman–Crippen LogP) is 4.28. The Kier molecular flexibility index (Phi) is 6.98. The van der Waals surface area contributed by atoms with Gasteiger partial charge in [-0.05, 0) is 66.7 Å². The number of hydrogen-bond acceptors (Lipinski definition) is 7. The fourth-order valence-electron chi connectivity index (χ4n) is 4.64. The maximum Gasteiger partial charge on any atom is 0.338 e. The lowest BCUT2D eigenvalue weighted by Gasteiger charge is -2.26. The van der Waals surface area contributed by atoms with Crippen LogP contribution in [0.25, 0.3) is 6.08 Å². The van der Waals surface area contributed by atoms with Gasteiger partial charge in [0.05, 0.1) is 32.9 Å². The summed E-state index contributed by atoms with van der Waals surface area (Å²) in [6, 6.07) is 6.84. The number of carbonyl (C=O) groups is 1. The molecule has 1 atom stereocenters. The van der Waals surface area contributed by atoms with Crippen LogP contribution in [0.1, 0.15) is 50.5 Å². The lowest BCUT2D eigenvalue weighted by atomic mass is 9.96. The molecule has 1 saturated heterocycles. The number of piperidine rings is 1. The van der Waals surface area contributed by atoms with Gasteiger partial charge in [-0.2, -0.15) is 0 Å². The SMILES string of the molecule is CCOC(=O)C1=C(C)N=c2s/c(=C/c3cc(Br)c(N4CCCCC4)o3)c(=O)n2[C@H]1c1ccc(F)cc1. The molecule has 2 aromatic heterocycles. The lowest BCUT2D eigenvalue weighted by Crippen LogP contribution is -2.39. The van der Waals surface area contributed by atoms with E-state index in [9.17, 15) is 14.0 Å². The van der Waals surface area contributed by atoms with Crippen molar-refractivity contribution in [1.29, 1.82) is 0 Å². The van der Waals surface area contributed by atoms with Crippen LogP contribution >= 0.6 is 27.3 Å². The number of aromatic nitrogens is 1. The minimum Gasteiger partial charge on any atom is -0.463 e. The lowest BCUT2D eigenvalue weighted by molar-refractivity contribution is -0.139. The highest BCUT2D eigenvalue weighted by atomic mass is 79.9. The molecule has 10 heteroatoms. The third-order valence-electron chi connectivity index (χ3n) is 6.31. The molecule has 0 saturated carbocycles. The molecule has 0 spiro atoms. The first kappa shape index (κ1) is 24.7. The predicted molar refractivity (Wildman–Crippen MR) is 139 cm³/mol. The second-order valence-corrected chi connectivity index (χ2v) is 10.6. The van der Waals surface area contributed by atoms with E-state index in [-0.39, 0.29) is 17.7 Å². The van der Waals surface area contributed by atoms with Crippen molar-refractivity contribution >= 4 is 45.2 Å². The van der Waals surface area contributed by atoms with Gasteiger partial charge in [0.25, 0.3) is 5.56 Å². The van der Waals surface area contributed by atoms with Gasteiger partial charge in [-0.15, -0.1) is 0 Å². The number of rotatable bonds is 5. The minimum atomic E-state index is -0.782. The molecule has 2 aliphatic rings. The van der Waals surface area contributed by atoms with E-state index < -0.39 is 17.8 Å². The molecule has 7 nitrogen and oxygen atoms in total. The van der Waals surface area contributed by atoms with Crippen molar-refractivity contribution in [2.75, 3.05) is 24.6 Å². The van der Waals surface area contributed by atoms with Crippen LogP contribution in [0.3, 0.4) is 0 Å². The van der Waals surface area contributed by atoms with Gasteiger partial charge in [0.15, 0.2) is 4.80 Å². The van der Waals surface area contributed by atoms with Crippen molar-refractivity contribution in [3.05, 3.63) is 82.9 Å². The molecule has 1 aromatic carbocycles. The third kappa shape index (κ3) is 4.59. The Bertz CT molecular complexity index is 1510. The summed E-state index contributed by atoms with van der Waals surface area (Å²) < 4.78 is 27.8. The molecular formula is C26H25BrFN3O4S. The van der Waals surface area contributed by atoms with Gasteiger partial charge < -0.3 is 14.1 Å². The highest BCUT2D eigenvalue weighted by molar-refractivity contribution is 9.10. The summed E-state index contributed by atoms with van der Waals surface area (Å²) in [6.07, 6.45) is 5.15. The summed E-state index contributed by atoms with van der Waals surface area (Å²) in [5.74, 6) is 0.353. The van der Waals surface area contributed by atoms with Crippen LogP contribution in [0.5, 0.6) is 0 Å². The Morgan fingerprint density at radius 2 is 2.00 bits per heavy atom. The van der Waals surface area contributed by atoms with E-state index >= 15 is 0 Å². The van der Waals surface area contributed by atoms with Crippen molar-refractivity contribution < 1.29 is 18.3 Å². The van der Waals surface area contributed by atoms with Crippen molar-refractivity contribution in [3.63, 3.8) is 0 Å². The molecular weight excluding hydrogens is 549 g/mol. The molecule has 2 aliphatic heterocycles. The van der Waals surface area contributed by atoms with Crippen LogP contribution in [0.4, 0.5) is 10.3 Å². The fourth-order valence-corrected chi connectivity index (χ4v) is 6.23. The van der Waals surface area contributed by atoms with Crippen LogP contribution in [0, 0.1) is 5.82 Å². The Hall–Kier alpha value is -2.98. The van der Waals surface area contributed by atoms with Crippen LogP contribution in [0.2, 0.25) is 0 Å². The molecule has 0 radical (unpaired) electrons. The van der Waals surface area contributed by atoms with Gasteiger partial charge in [0.2, 0.25) is 5.88 Å². The first-order valence-corrected chi connectivity index (χ1v) is 13.5. The number of nitrogens with zero attached hydrogens (tertiary/aromatic N) is 3.